The molecule has 1 aromatic heterocycles. The Morgan fingerprint density at radius 3 is 2.63 bits per heavy atom. The van der Waals surface area contributed by atoms with Crippen LogP contribution in [0.4, 0.5) is 0 Å². The van der Waals surface area contributed by atoms with Gasteiger partial charge in [0, 0.05) is 30.1 Å². The van der Waals surface area contributed by atoms with Gasteiger partial charge in [-0.1, -0.05) is 41.9 Å². The molecular formula is C27H29ClN2O4S. The van der Waals surface area contributed by atoms with Gasteiger partial charge in [0.2, 0.25) is 11.8 Å². The number of carbonyl (C=O) groups excluding carboxylic acids is 2. The van der Waals surface area contributed by atoms with Gasteiger partial charge in [0.05, 0.1) is 25.6 Å². The molecule has 0 fully saturated rings. The molecule has 0 N–H and O–H groups in total. The van der Waals surface area contributed by atoms with Crippen LogP contribution in [0.1, 0.15) is 22.0 Å². The zero-order valence-corrected chi connectivity index (χ0v) is 21.3. The van der Waals surface area contributed by atoms with E-state index in [4.69, 9.17) is 21.1 Å². The average molecular weight is 513 g/mol. The van der Waals surface area contributed by atoms with Gasteiger partial charge >= 0.3 is 0 Å². The molecule has 0 aliphatic carbocycles. The fourth-order valence-corrected chi connectivity index (χ4v) is 5.26. The van der Waals surface area contributed by atoms with Crippen molar-refractivity contribution in [1.82, 2.24) is 9.80 Å². The summed E-state index contributed by atoms with van der Waals surface area (Å²) in [5.74, 6) is 0.511. The molecule has 184 valence electrons. The molecule has 8 heteroatoms. The normalized spacial score (nSPS) is 14.9. The van der Waals surface area contributed by atoms with Gasteiger partial charge in [0.1, 0.15) is 12.4 Å². The Morgan fingerprint density at radius 2 is 1.89 bits per heavy atom. The lowest BCUT2D eigenvalue weighted by atomic mass is 10.0. The molecule has 6 nitrogen and oxygen atoms in total. The van der Waals surface area contributed by atoms with Gasteiger partial charge in [-0.2, -0.15) is 0 Å². The summed E-state index contributed by atoms with van der Waals surface area (Å²) in [5.41, 5.74) is 2.03. The zero-order chi connectivity index (χ0) is 24.6. The van der Waals surface area contributed by atoms with Gasteiger partial charge in [-0.05, 0) is 53.3 Å². The number of benzene rings is 2. The number of hydrogen-bond acceptors (Lipinski definition) is 5. The van der Waals surface area contributed by atoms with Crippen molar-refractivity contribution in [3.05, 3.63) is 87.1 Å². The molecule has 2 heterocycles. The van der Waals surface area contributed by atoms with E-state index in [1.807, 2.05) is 47.4 Å². The highest BCUT2D eigenvalue weighted by molar-refractivity contribution is 7.10. The maximum absolute atomic E-state index is 13.5. The van der Waals surface area contributed by atoms with Gasteiger partial charge in [-0.3, -0.25) is 9.59 Å². The molecular weight excluding hydrogens is 484 g/mol. The van der Waals surface area contributed by atoms with Crippen molar-refractivity contribution in [1.29, 1.82) is 0 Å². The van der Waals surface area contributed by atoms with Crippen molar-refractivity contribution in [3.63, 3.8) is 0 Å². The molecule has 0 saturated carbocycles. The summed E-state index contributed by atoms with van der Waals surface area (Å²) in [4.78, 5) is 31.3. The van der Waals surface area contributed by atoms with Crippen LogP contribution in [0.5, 0.6) is 5.75 Å². The van der Waals surface area contributed by atoms with Crippen LogP contribution in [0.3, 0.4) is 0 Å². The fourth-order valence-electron chi connectivity index (χ4n) is 4.21. The monoisotopic (exact) mass is 512 g/mol. The fraction of sp³-hybridized carbons (Fsp3) is 0.333. The number of methoxy groups -OCH3 is 1. The summed E-state index contributed by atoms with van der Waals surface area (Å²) in [5, 5.41) is 2.70. The van der Waals surface area contributed by atoms with E-state index in [-0.39, 0.29) is 30.8 Å². The summed E-state index contributed by atoms with van der Waals surface area (Å²) in [6, 6.07) is 18.6. The highest BCUT2D eigenvalue weighted by atomic mass is 35.5. The third-order valence-corrected chi connectivity index (χ3v) is 7.33. The van der Waals surface area contributed by atoms with Crippen molar-refractivity contribution in [2.45, 2.75) is 18.9 Å². The molecule has 4 rings (SSSR count). The number of rotatable bonds is 10. The van der Waals surface area contributed by atoms with E-state index >= 15 is 0 Å². The number of fused-ring (bicyclic) bond motifs is 1. The highest BCUT2D eigenvalue weighted by Gasteiger charge is 2.33. The van der Waals surface area contributed by atoms with Crippen molar-refractivity contribution < 1.29 is 19.1 Å². The van der Waals surface area contributed by atoms with E-state index in [2.05, 4.69) is 11.4 Å². The Bertz CT molecular complexity index is 1120. The SMILES string of the molecule is COCCN(CC(=O)N1CCc2sccc2[C@H]1COc1ccc(Cl)cc1)C(=O)Cc1ccccc1. The first-order valence-corrected chi connectivity index (χ1v) is 12.9. The first-order valence-electron chi connectivity index (χ1n) is 11.6. The van der Waals surface area contributed by atoms with Gasteiger partial charge in [-0.15, -0.1) is 11.3 Å². The second-order valence-electron chi connectivity index (χ2n) is 8.39. The molecule has 0 radical (unpaired) electrons. The zero-order valence-electron chi connectivity index (χ0n) is 19.7. The van der Waals surface area contributed by atoms with Crippen LogP contribution in [-0.2, 0) is 27.2 Å². The van der Waals surface area contributed by atoms with Crippen LogP contribution in [-0.4, -0.2) is 61.6 Å². The minimum Gasteiger partial charge on any atom is -0.491 e. The lowest BCUT2D eigenvalue weighted by molar-refractivity contribution is -0.142. The molecule has 2 aromatic carbocycles. The van der Waals surface area contributed by atoms with Crippen LogP contribution < -0.4 is 4.74 Å². The molecule has 3 aromatic rings. The number of ether oxygens (including phenoxy) is 2. The van der Waals surface area contributed by atoms with E-state index in [1.54, 1.807) is 35.5 Å². The minimum absolute atomic E-state index is 0.00590. The summed E-state index contributed by atoms with van der Waals surface area (Å²) in [7, 11) is 1.59. The predicted octanol–water partition coefficient (Wildman–Crippen LogP) is 4.62. The van der Waals surface area contributed by atoms with Crippen molar-refractivity contribution in [2.24, 2.45) is 0 Å². The smallest absolute Gasteiger partial charge is 0.242 e. The predicted molar refractivity (Wildman–Crippen MR) is 138 cm³/mol. The van der Waals surface area contributed by atoms with Gasteiger partial charge in [0.15, 0.2) is 0 Å². The van der Waals surface area contributed by atoms with Crippen LogP contribution in [0, 0.1) is 0 Å². The van der Waals surface area contributed by atoms with E-state index in [0.717, 1.165) is 17.5 Å². The maximum atomic E-state index is 13.5. The quantitative estimate of drug-likeness (QED) is 0.397. The molecule has 1 aliphatic heterocycles. The Hall–Kier alpha value is -2.87. The summed E-state index contributed by atoms with van der Waals surface area (Å²) in [6.45, 7) is 1.65. The van der Waals surface area contributed by atoms with Gasteiger partial charge in [-0.25, -0.2) is 0 Å². The largest absolute Gasteiger partial charge is 0.491 e. The number of thiophene rings is 1. The van der Waals surface area contributed by atoms with Gasteiger partial charge in [0.25, 0.3) is 0 Å². The Balaban J connectivity index is 1.48. The second kappa shape index (κ2) is 12.2. The van der Waals surface area contributed by atoms with E-state index < -0.39 is 0 Å². The van der Waals surface area contributed by atoms with Crippen LogP contribution in [0.2, 0.25) is 5.02 Å². The van der Waals surface area contributed by atoms with Crippen LogP contribution in [0.25, 0.3) is 0 Å². The number of halogens is 1. The van der Waals surface area contributed by atoms with Crippen molar-refractivity contribution in [2.75, 3.05) is 40.0 Å². The van der Waals surface area contributed by atoms with Crippen molar-refractivity contribution >= 4 is 34.8 Å². The first-order chi connectivity index (χ1) is 17.0. The average Bonchev–Trinajstić information content (AvgIpc) is 3.35. The third kappa shape index (κ3) is 6.63. The van der Waals surface area contributed by atoms with Crippen molar-refractivity contribution in [3.8, 4) is 5.75 Å². The Morgan fingerprint density at radius 1 is 1.11 bits per heavy atom. The molecule has 0 unspecified atom stereocenters. The molecule has 2 amide bonds. The maximum Gasteiger partial charge on any atom is 0.242 e. The molecule has 1 aliphatic rings. The molecule has 1 atom stereocenters. The standard InChI is InChI=1S/C27H29ClN2O4S/c1-33-15-14-29(26(31)17-20-5-3-2-4-6-20)18-27(32)30-13-11-25-23(12-16-35-25)24(30)19-34-22-9-7-21(28)8-10-22/h2-10,12,16,24H,11,13-15,17-19H2,1H3/t24-/m1/s1. The lowest BCUT2D eigenvalue weighted by Gasteiger charge is -2.37. The van der Waals surface area contributed by atoms with Crippen LogP contribution in [0.15, 0.2) is 66.0 Å². The van der Waals surface area contributed by atoms with E-state index in [9.17, 15) is 9.59 Å². The molecule has 0 spiro atoms. The topological polar surface area (TPSA) is 59.1 Å². The van der Waals surface area contributed by atoms with E-state index in [0.29, 0.717) is 37.1 Å². The lowest BCUT2D eigenvalue weighted by Crippen LogP contribution is -2.48. The van der Waals surface area contributed by atoms with E-state index in [1.165, 1.54) is 4.88 Å². The number of nitrogens with zero attached hydrogens (tertiary/aromatic N) is 2. The molecule has 35 heavy (non-hydrogen) atoms. The second-order valence-corrected chi connectivity index (χ2v) is 9.82. The number of hydrogen-bond donors (Lipinski definition) is 0. The Labute approximate surface area is 215 Å². The third-order valence-electron chi connectivity index (χ3n) is 6.08. The number of carbonyl (C=O) groups is 2. The molecule has 0 saturated heterocycles. The summed E-state index contributed by atoms with van der Waals surface area (Å²) < 4.78 is 11.3. The molecule has 0 bridgehead atoms. The van der Waals surface area contributed by atoms with Crippen LogP contribution >= 0.6 is 22.9 Å². The summed E-state index contributed by atoms with van der Waals surface area (Å²) >= 11 is 7.70. The van der Waals surface area contributed by atoms with Gasteiger partial charge < -0.3 is 19.3 Å². The number of amides is 2. The minimum atomic E-state index is -0.221. The summed E-state index contributed by atoms with van der Waals surface area (Å²) in [6.07, 6.45) is 1.04. The first kappa shape index (κ1) is 25.2. The Kier molecular flexibility index (Phi) is 8.79. The highest BCUT2D eigenvalue weighted by Crippen LogP contribution is 2.34.